The Balaban J connectivity index is 1.21. The van der Waals surface area contributed by atoms with E-state index in [-0.39, 0.29) is 35.1 Å². The molecule has 8 aromatic rings. The van der Waals surface area contributed by atoms with Crippen molar-refractivity contribution in [1.29, 1.82) is 0 Å². The van der Waals surface area contributed by atoms with Crippen LogP contribution in [0.25, 0.3) is 76.6 Å². The molecule has 9 rings (SSSR count). The Kier molecular flexibility index (Phi) is 4.95. The maximum absolute atomic E-state index is 8.62. The lowest BCUT2D eigenvalue weighted by atomic mass is 9.82. The predicted molar refractivity (Wildman–Crippen MR) is 192 cm³/mol. The standard InChI is InChI=1S/C42H29N3S/c1-42(2)35-19-10-9-16-31(35)34-24-28(21-23-36(34)42)40-43-39(27-14-7-4-8-15-27)44-41(45-40)29-20-22-32-33-18-11-17-30(26-12-5-3-6-13-26)38(33)46-37(32)25-29/h3-25H,1-2H3/i3D,5D,6D,12D,13D. The molecule has 0 N–H and O–H groups in total. The molecule has 0 atom stereocenters. The van der Waals surface area contributed by atoms with Crippen molar-refractivity contribution in [3.8, 4) is 56.4 Å². The van der Waals surface area contributed by atoms with E-state index in [4.69, 9.17) is 21.8 Å². The Bertz CT molecular complexity index is 2710. The van der Waals surface area contributed by atoms with E-state index in [1.165, 1.54) is 33.6 Å². The summed E-state index contributed by atoms with van der Waals surface area (Å²) in [5.74, 6) is 1.71. The van der Waals surface area contributed by atoms with Crippen molar-refractivity contribution in [2.45, 2.75) is 19.3 Å². The molecule has 0 amide bonds. The van der Waals surface area contributed by atoms with Crippen LogP contribution in [0, 0.1) is 0 Å². The Hall–Kier alpha value is -5.45. The molecule has 0 saturated heterocycles. The summed E-state index contributed by atoms with van der Waals surface area (Å²) in [6.07, 6.45) is 0. The fourth-order valence-electron chi connectivity index (χ4n) is 6.73. The number of rotatable bonds is 4. The summed E-state index contributed by atoms with van der Waals surface area (Å²) in [6, 6.07) is 35.3. The Morgan fingerprint density at radius 2 is 1.17 bits per heavy atom. The van der Waals surface area contributed by atoms with Gasteiger partial charge in [0.2, 0.25) is 0 Å². The Morgan fingerprint density at radius 3 is 1.98 bits per heavy atom. The zero-order valence-electron chi connectivity index (χ0n) is 30.1. The molecular weight excluding hydrogens is 579 g/mol. The maximum atomic E-state index is 8.62. The van der Waals surface area contributed by atoms with E-state index in [0.717, 1.165) is 36.9 Å². The molecule has 3 nitrogen and oxygen atoms in total. The molecule has 2 heterocycles. The number of aromatic nitrogens is 3. The lowest BCUT2D eigenvalue weighted by Crippen LogP contribution is -2.14. The number of fused-ring (bicyclic) bond motifs is 6. The van der Waals surface area contributed by atoms with Crippen molar-refractivity contribution in [2.75, 3.05) is 0 Å². The molecule has 218 valence electrons. The van der Waals surface area contributed by atoms with Gasteiger partial charge in [0.1, 0.15) is 0 Å². The highest BCUT2D eigenvalue weighted by molar-refractivity contribution is 7.26. The van der Waals surface area contributed by atoms with Crippen LogP contribution in [0.5, 0.6) is 0 Å². The topological polar surface area (TPSA) is 38.7 Å². The molecule has 4 heteroatoms. The molecule has 1 aliphatic carbocycles. The highest BCUT2D eigenvalue weighted by atomic mass is 32.1. The van der Waals surface area contributed by atoms with Crippen molar-refractivity contribution in [1.82, 2.24) is 15.0 Å². The average molecular weight is 613 g/mol. The molecule has 1 aliphatic rings. The fraction of sp³-hybridized carbons (Fsp3) is 0.0714. The van der Waals surface area contributed by atoms with Crippen LogP contribution in [0.15, 0.2) is 139 Å². The molecule has 0 fully saturated rings. The largest absolute Gasteiger partial charge is 0.208 e. The smallest absolute Gasteiger partial charge is 0.164 e. The molecule has 0 bridgehead atoms. The van der Waals surface area contributed by atoms with Crippen molar-refractivity contribution < 1.29 is 6.85 Å². The third kappa shape index (κ3) is 4.22. The van der Waals surface area contributed by atoms with E-state index in [2.05, 4.69) is 68.4 Å². The van der Waals surface area contributed by atoms with Crippen molar-refractivity contribution >= 4 is 31.5 Å². The number of hydrogen-bond acceptors (Lipinski definition) is 4. The van der Waals surface area contributed by atoms with Crippen LogP contribution in [0.1, 0.15) is 31.8 Å². The third-order valence-electron chi connectivity index (χ3n) is 9.04. The predicted octanol–water partition coefficient (Wildman–Crippen LogP) is 11.2. The normalized spacial score (nSPS) is 14.7. The van der Waals surface area contributed by atoms with Crippen molar-refractivity contribution in [3.05, 3.63) is 151 Å². The van der Waals surface area contributed by atoms with Gasteiger partial charge in [0, 0.05) is 42.3 Å². The minimum Gasteiger partial charge on any atom is -0.208 e. The second kappa shape index (κ2) is 10.3. The van der Waals surface area contributed by atoms with Gasteiger partial charge in [-0.3, -0.25) is 0 Å². The number of hydrogen-bond donors (Lipinski definition) is 0. The first-order valence-electron chi connectivity index (χ1n) is 17.7. The minimum absolute atomic E-state index is 0.105. The summed E-state index contributed by atoms with van der Waals surface area (Å²) in [5, 5.41) is 1.96. The SMILES string of the molecule is [2H]c1c([2H])c([2H])c(-c2cccc3c2sc2cc(-c4nc(-c5ccccc5)nc(-c5ccc6c(c5)-c5ccccc5C6(C)C)n4)ccc23)c([2H])c1[2H]. The lowest BCUT2D eigenvalue weighted by molar-refractivity contribution is 0.660. The van der Waals surface area contributed by atoms with E-state index in [1.807, 2.05) is 54.6 Å². The quantitative estimate of drug-likeness (QED) is 0.198. The van der Waals surface area contributed by atoms with E-state index < -0.39 is 6.04 Å². The number of nitrogens with zero attached hydrogens (tertiary/aromatic N) is 3. The van der Waals surface area contributed by atoms with Crippen LogP contribution in [0.2, 0.25) is 0 Å². The van der Waals surface area contributed by atoms with Crippen LogP contribution in [-0.4, -0.2) is 15.0 Å². The van der Waals surface area contributed by atoms with Crippen molar-refractivity contribution in [2.24, 2.45) is 0 Å². The zero-order valence-corrected chi connectivity index (χ0v) is 26.0. The first-order chi connectivity index (χ1) is 24.6. The van der Waals surface area contributed by atoms with Crippen LogP contribution < -0.4 is 0 Å². The average Bonchev–Trinajstić information content (AvgIpc) is 3.65. The van der Waals surface area contributed by atoms with Crippen LogP contribution >= 0.6 is 11.3 Å². The second-order valence-corrected chi connectivity index (χ2v) is 13.2. The van der Waals surface area contributed by atoms with Crippen LogP contribution in [-0.2, 0) is 5.41 Å². The molecule has 0 spiro atoms. The van der Waals surface area contributed by atoms with Gasteiger partial charge in [-0.15, -0.1) is 11.3 Å². The second-order valence-electron chi connectivity index (χ2n) is 12.1. The molecule has 6 aromatic carbocycles. The first-order valence-corrected chi connectivity index (χ1v) is 16.0. The van der Waals surface area contributed by atoms with Crippen LogP contribution in [0.3, 0.4) is 0 Å². The van der Waals surface area contributed by atoms with E-state index >= 15 is 0 Å². The number of benzene rings is 6. The van der Waals surface area contributed by atoms with Gasteiger partial charge in [-0.2, -0.15) is 0 Å². The molecule has 0 unspecified atom stereocenters. The van der Waals surface area contributed by atoms with E-state index in [9.17, 15) is 0 Å². The molecule has 2 aromatic heterocycles. The molecule has 0 saturated carbocycles. The summed E-state index contributed by atoms with van der Waals surface area (Å²) >= 11 is 1.53. The highest BCUT2D eigenvalue weighted by Gasteiger charge is 2.35. The van der Waals surface area contributed by atoms with Crippen LogP contribution in [0.4, 0.5) is 0 Å². The van der Waals surface area contributed by atoms with E-state index in [0.29, 0.717) is 23.0 Å². The summed E-state index contributed by atoms with van der Waals surface area (Å²) in [7, 11) is 0. The zero-order chi connectivity index (χ0) is 35.2. The van der Waals surface area contributed by atoms with Gasteiger partial charge in [-0.25, -0.2) is 15.0 Å². The summed E-state index contributed by atoms with van der Waals surface area (Å²) in [4.78, 5) is 15.0. The maximum Gasteiger partial charge on any atom is 0.164 e. The highest BCUT2D eigenvalue weighted by Crippen LogP contribution is 2.49. The lowest BCUT2D eigenvalue weighted by Gasteiger charge is -2.21. The molecule has 0 radical (unpaired) electrons. The van der Waals surface area contributed by atoms with Gasteiger partial charge >= 0.3 is 0 Å². The summed E-state index contributed by atoms with van der Waals surface area (Å²) in [5.41, 5.74) is 8.35. The summed E-state index contributed by atoms with van der Waals surface area (Å²) in [6.45, 7) is 4.53. The van der Waals surface area contributed by atoms with Gasteiger partial charge < -0.3 is 0 Å². The van der Waals surface area contributed by atoms with Gasteiger partial charge in [-0.1, -0.05) is 141 Å². The molecule has 46 heavy (non-hydrogen) atoms. The Labute approximate surface area is 278 Å². The monoisotopic (exact) mass is 612 g/mol. The van der Waals surface area contributed by atoms with Gasteiger partial charge in [-0.05, 0) is 45.5 Å². The first kappa shape index (κ1) is 22.1. The number of thiophene rings is 1. The van der Waals surface area contributed by atoms with Gasteiger partial charge in [0.15, 0.2) is 17.5 Å². The van der Waals surface area contributed by atoms with Gasteiger partial charge in [0.25, 0.3) is 0 Å². The molecule has 0 aliphatic heterocycles. The molecular formula is C42H29N3S. The van der Waals surface area contributed by atoms with Gasteiger partial charge in [0.05, 0.1) is 6.85 Å². The third-order valence-corrected chi connectivity index (χ3v) is 10.2. The van der Waals surface area contributed by atoms with Crippen molar-refractivity contribution in [3.63, 3.8) is 0 Å². The summed E-state index contributed by atoms with van der Waals surface area (Å²) < 4.78 is 43.6. The fourth-order valence-corrected chi connectivity index (χ4v) is 7.99. The minimum atomic E-state index is -0.401. The Morgan fingerprint density at radius 1 is 0.522 bits per heavy atom. The van der Waals surface area contributed by atoms with E-state index in [1.54, 1.807) is 0 Å².